The number of benzene rings is 2. The average Bonchev–Trinajstić information content (AvgIpc) is 3.06. The van der Waals surface area contributed by atoms with Gasteiger partial charge in [-0.2, -0.15) is 5.26 Å². The second-order valence-corrected chi connectivity index (χ2v) is 9.43. The van der Waals surface area contributed by atoms with Crippen LogP contribution in [0, 0.1) is 28.6 Å². The van der Waals surface area contributed by atoms with E-state index in [1.165, 1.54) is 52.7 Å². The van der Waals surface area contributed by atoms with Crippen LogP contribution < -0.4 is 10.6 Å². The number of nitrogens with zero attached hydrogens (tertiary/aromatic N) is 1. The highest BCUT2D eigenvalue weighted by molar-refractivity contribution is 5.90. The molecule has 0 saturated heterocycles. The summed E-state index contributed by atoms with van der Waals surface area (Å²) in [4.78, 5) is 62.1. The predicted molar refractivity (Wildman–Crippen MR) is 153 cm³/mol. The Hall–Kier alpha value is -5.12. The van der Waals surface area contributed by atoms with Crippen LogP contribution in [0.2, 0.25) is 0 Å². The zero-order valence-corrected chi connectivity index (χ0v) is 24.6. The van der Waals surface area contributed by atoms with Crippen LogP contribution in [-0.4, -0.2) is 78.5 Å². The molecule has 2 aromatic rings. The second kappa shape index (κ2) is 16.4. The van der Waals surface area contributed by atoms with Gasteiger partial charge in [0.2, 0.25) is 0 Å². The molecular formula is C30H35N3O10. The van der Waals surface area contributed by atoms with Gasteiger partial charge in [0.25, 0.3) is 0 Å². The maximum atomic E-state index is 13.1. The lowest BCUT2D eigenvalue weighted by molar-refractivity contribution is -0.155. The van der Waals surface area contributed by atoms with Crippen LogP contribution >= 0.6 is 0 Å². The van der Waals surface area contributed by atoms with E-state index >= 15 is 0 Å². The summed E-state index contributed by atoms with van der Waals surface area (Å²) in [5, 5.41) is 16.4. The highest BCUT2D eigenvalue weighted by atomic mass is 16.5. The Morgan fingerprint density at radius 1 is 0.651 bits per heavy atom. The highest BCUT2D eigenvalue weighted by Gasteiger charge is 2.47. The van der Waals surface area contributed by atoms with Crippen molar-refractivity contribution in [3.63, 3.8) is 0 Å². The van der Waals surface area contributed by atoms with Crippen LogP contribution in [0.1, 0.15) is 33.6 Å². The van der Waals surface area contributed by atoms with Gasteiger partial charge >= 0.3 is 29.8 Å². The Morgan fingerprint density at radius 3 is 1.30 bits per heavy atom. The molecule has 2 rings (SSSR count). The summed E-state index contributed by atoms with van der Waals surface area (Å²) < 4.78 is 24.2. The van der Waals surface area contributed by atoms with Crippen molar-refractivity contribution >= 4 is 41.2 Å². The van der Waals surface area contributed by atoms with Gasteiger partial charge in [-0.25, -0.2) is 9.59 Å². The van der Waals surface area contributed by atoms with E-state index < -0.39 is 47.1 Å². The van der Waals surface area contributed by atoms with Gasteiger partial charge in [0, 0.05) is 24.5 Å². The summed E-state index contributed by atoms with van der Waals surface area (Å²) in [6.45, 7) is -0.0866. The first-order chi connectivity index (χ1) is 20.6. The molecule has 0 amide bonds. The van der Waals surface area contributed by atoms with Crippen LogP contribution in [0.5, 0.6) is 0 Å². The largest absolute Gasteiger partial charge is 0.469 e. The molecule has 0 aliphatic rings. The fourth-order valence-electron chi connectivity index (χ4n) is 4.40. The molecule has 0 fully saturated rings. The SMILES string of the molecule is COC(=O)c1ccc(NCC(CC(C#N)(CC(CNc2ccc(C(=O)OC)cc2)C(=O)OC)C(=O)OC)C(=O)OC)cc1. The number of esters is 5. The first-order valence-corrected chi connectivity index (χ1v) is 13.1. The minimum Gasteiger partial charge on any atom is -0.469 e. The van der Waals surface area contributed by atoms with Gasteiger partial charge in [0.05, 0.1) is 64.6 Å². The van der Waals surface area contributed by atoms with E-state index in [1.54, 1.807) is 24.3 Å². The third-order valence-corrected chi connectivity index (χ3v) is 6.77. The molecule has 2 unspecified atom stereocenters. The molecule has 0 spiro atoms. The predicted octanol–water partition coefficient (Wildman–Crippen LogP) is 2.83. The van der Waals surface area contributed by atoms with Crippen molar-refractivity contribution in [1.29, 1.82) is 5.26 Å². The molecule has 2 N–H and O–H groups in total. The van der Waals surface area contributed by atoms with Crippen molar-refractivity contribution in [2.75, 3.05) is 59.3 Å². The molecule has 13 nitrogen and oxygen atoms in total. The van der Waals surface area contributed by atoms with Gasteiger partial charge in [-0.05, 0) is 61.4 Å². The minimum absolute atomic E-state index is 0.0433. The van der Waals surface area contributed by atoms with Gasteiger partial charge in [0.1, 0.15) is 0 Å². The number of anilines is 2. The Bertz CT molecular complexity index is 1230. The summed E-state index contributed by atoms with van der Waals surface area (Å²) in [5.74, 6) is -5.36. The maximum Gasteiger partial charge on any atom is 0.337 e. The Labute approximate surface area is 249 Å². The van der Waals surface area contributed by atoms with E-state index in [-0.39, 0.29) is 25.9 Å². The average molecular weight is 598 g/mol. The number of ether oxygens (including phenoxy) is 5. The van der Waals surface area contributed by atoms with Gasteiger partial charge in [-0.3, -0.25) is 14.4 Å². The second-order valence-electron chi connectivity index (χ2n) is 9.43. The molecule has 0 aliphatic carbocycles. The van der Waals surface area contributed by atoms with Crippen LogP contribution in [0.15, 0.2) is 48.5 Å². The van der Waals surface area contributed by atoms with Crippen molar-refractivity contribution in [2.24, 2.45) is 17.3 Å². The summed E-state index contributed by atoms with van der Waals surface area (Å²) in [6, 6.07) is 14.5. The van der Waals surface area contributed by atoms with Crippen molar-refractivity contribution < 1.29 is 47.7 Å². The fourth-order valence-corrected chi connectivity index (χ4v) is 4.40. The standard InChI is InChI=1S/C30H35N3O10/c1-39-25(34)19-6-10-23(11-7-19)32-16-21(27(36)41-3)14-30(18-31,29(38)43-5)15-22(28(37)42-4)17-33-24-12-8-20(9-13-24)26(35)40-2/h6-13,21-22,32-33H,14-17H2,1-5H3. The number of methoxy groups -OCH3 is 5. The molecule has 0 bridgehead atoms. The van der Waals surface area contributed by atoms with E-state index in [9.17, 15) is 29.2 Å². The molecule has 230 valence electrons. The molecule has 43 heavy (non-hydrogen) atoms. The van der Waals surface area contributed by atoms with E-state index in [0.29, 0.717) is 22.5 Å². The molecule has 0 radical (unpaired) electrons. The van der Waals surface area contributed by atoms with Crippen LogP contribution in [-0.2, 0) is 38.1 Å². The Balaban J connectivity index is 2.29. The number of carbonyl (C=O) groups excluding carboxylic acids is 5. The Morgan fingerprint density at radius 2 is 1.02 bits per heavy atom. The lowest BCUT2D eigenvalue weighted by Crippen LogP contribution is -2.41. The van der Waals surface area contributed by atoms with E-state index in [0.717, 1.165) is 7.11 Å². The first kappa shape index (κ1) is 34.1. The molecule has 0 saturated carbocycles. The van der Waals surface area contributed by atoms with Crippen LogP contribution in [0.4, 0.5) is 11.4 Å². The molecule has 0 aromatic heterocycles. The molecule has 0 heterocycles. The monoisotopic (exact) mass is 597 g/mol. The molecule has 2 aromatic carbocycles. The van der Waals surface area contributed by atoms with Crippen molar-refractivity contribution in [3.8, 4) is 6.07 Å². The molecule has 2 atom stereocenters. The van der Waals surface area contributed by atoms with E-state index in [1.807, 2.05) is 6.07 Å². The number of nitrogens with one attached hydrogen (secondary N) is 2. The summed E-state index contributed by atoms with van der Waals surface area (Å²) in [7, 11) is 6.00. The van der Waals surface area contributed by atoms with Crippen LogP contribution in [0.3, 0.4) is 0 Å². The normalized spacial score (nSPS) is 13.1. The quantitative estimate of drug-likeness (QED) is 0.226. The zero-order chi connectivity index (χ0) is 32.0. The van der Waals surface area contributed by atoms with Crippen molar-refractivity contribution in [1.82, 2.24) is 0 Å². The zero-order valence-electron chi connectivity index (χ0n) is 24.6. The van der Waals surface area contributed by atoms with Crippen molar-refractivity contribution in [2.45, 2.75) is 12.8 Å². The van der Waals surface area contributed by atoms with Gasteiger partial charge in [0.15, 0.2) is 5.41 Å². The lowest BCUT2D eigenvalue weighted by atomic mass is 9.73. The number of carbonyl (C=O) groups is 5. The smallest absolute Gasteiger partial charge is 0.337 e. The van der Waals surface area contributed by atoms with Gasteiger partial charge < -0.3 is 34.3 Å². The van der Waals surface area contributed by atoms with Gasteiger partial charge in [-0.15, -0.1) is 0 Å². The molecule has 13 heteroatoms. The first-order valence-electron chi connectivity index (χ1n) is 13.1. The van der Waals surface area contributed by atoms with Crippen molar-refractivity contribution in [3.05, 3.63) is 59.7 Å². The summed E-state index contributed by atoms with van der Waals surface area (Å²) in [5.41, 5.74) is -0.171. The fraction of sp³-hybridized carbons (Fsp3) is 0.400. The summed E-state index contributed by atoms with van der Waals surface area (Å²) in [6.07, 6.45) is -0.672. The number of nitriles is 1. The molecule has 0 aliphatic heterocycles. The maximum absolute atomic E-state index is 13.1. The number of rotatable bonds is 15. The van der Waals surface area contributed by atoms with Gasteiger partial charge in [-0.1, -0.05) is 0 Å². The summed E-state index contributed by atoms with van der Waals surface area (Å²) >= 11 is 0. The number of hydrogen-bond donors (Lipinski definition) is 2. The lowest BCUT2D eigenvalue weighted by Gasteiger charge is -2.30. The highest BCUT2D eigenvalue weighted by Crippen LogP contribution is 2.36. The number of hydrogen-bond acceptors (Lipinski definition) is 13. The third kappa shape index (κ3) is 9.19. The van der Waals surface area contributed by atoms with E-state index in [4.69, 9.17) is 14.2 Å². The van der Waals surface area contributed by atoms with Crippen LogP contribution in [0.25, 0.3) is 0 Å². The minimum atomic E-state index is -1.93. The molecular weight excluding hydrogens is 562 g/mol. The topological polar surface area (TPSA) is 179 Å². The van der Waals surface area contributed by atoms with E-state index in [2.05, 4.69) is 20.1 Å². The third-order valence-electron chi connectivity index (χ3n) is 6.77. The Kier molecular flexibility index (Phi) is 13.0.